The molecule has 1 aromatic carbocycles. The lowest BCUT2D eigenvalue weighted by molar-refractivity contribution is 0.0696. The monoisotopic (exact) mass is 291 g/mol. The number of hydrogen-bond acceptors (Lipinski definition) is 4. The van der Waals surface area contributed by atoms with Crippen molar-refractivity contribution in [3.05, 3.63) is 29.6 Å². The Labute approximate surface area is 109 Å². The molecule has 0 aliphatic rings. The number of carboxylic acids is 1. The van der Waals surface area contributed by atoms with Crippen LogP contribution in [0.4, 0.5) is 4.39 Å². The van der Waals surface area contributed by atoms with Gasteiger partial charge in [0.2, 0.25) is 10.0 Å². The summed E-state index contributed by atoms with van der Waals surface area (Å²) >= 11 is 0. The van der Waals surface area contributed by atoms with Crippen molar-refractivity contribution in [1.82, 2.24) is 4.72 Å². The standard InChI is InChI=1S/C11H14FNO5S/c1-11(2,6-14)13-19(17,18)9-4-3-7(10(15)16)5-8(9)12/h3-5,13-14H,6H2,1-2H3,(H,15,16). The topological polar surface area (TPSA) is 104 Å². The number of benzene rings is 1. The minimum Gasteiger partial charge on any atom is -0.478 e. The maximum Gasteiger partial charge on any atom is 0.335 e. The molecule has 6 nitrogen and oxygen atoms in total. The molecular weight excluding hydrogens is 277 g/mol. The second-order valence-electron chi connectivity index (χ2n) is 4.60. The first-order chi connectivity index (χ1) is 8.59. The molecule has 0 fully saturated rings. The van der Waals surface area contributed by atoms with Gasteiger partial charge in [-0.2, -0.15) is 0 Å². The Morgan fingerprint density at radius 3 is 2.42 bits per heavy atom. The molecule has 8 heteroatoms. The van der Waals surface area contributed by atoms with Gasteiger partial charge in [-0.25, -0.2) is 22.3 Å². The van der Waals surface area contributed by atoms with Gasteiger partial charge in [0.05, 0.1) is 17.7 Å². The van der Waals surface area contributed by atoms with Crippen LogP contribution in [0.5, 0.6) is 0 Å². The van der Waals surface area contributed by atoms with Crippen LogP contribution in [0.1, 0.15) is 24.2 Å². The highest BCUT2D eigenvalue weighted by atomic mass is 32.2. The third-order valence-corrected chi connectivity index (χ3v) is 4.01. The first-order valence-electron chi connectivity index (χ1n) is 5.27. The minimum atomic E-state index is -4.18. The fourth-order valence-electron chi connectivity index (χ4n) is 1.30. The molecule has 1 rings (SSSR count). The van der Waals surface area contributed by atoms with Crippen molar-refractivity contribution in [1.29, 1.82) is 0 Å². The highest BCUT2D eigenvalue weighted by molar-refractivity contribution is 7.89. The molecule has 0 amide bonds. The van der Waals surface area contributed by atoms with Crippen molar-refractivity contribution in [3.8, 4) is 0 Å². The van der Waals surface area contributed by atoms with Gasteiger partial charge in [0.1, 0.15) is 10.7 Å². The summed E-state index contributed by atoms with van der Waals surface area (Å²) in [6, 6.07) is 2.49. The molecular formula is C11H14FNO5S. The maximum absolute atomic E-state index is 13.6. The van der Waals surface area contributed by atoms with Crippen LogP contribution in [0, 0.1) is 5.82 Å². The zero-order valence-corrected chi connectivity index (χ0v) is 11.2. The number of aliphatic hydroxyl groups excluding tert-OH is 1. The number of aliphatic hydroxyl groups is 1. The quantitative estimate of drug-likeness (QED) is 0.736. The number of hydrogen-bond donors (Lipinski definition) is 3. The molecule has 0 unspecified atom stereocenters. The lowest BCUT2D eigenvalue weighted by Crippen LogP contribution is -2.46. The fourth-order valence-corrected chi connectivity index (χ4v) is 2.77. The Kier molecular flexibility index (Phi) is 4.28. The van der Waals surface area contributed by atoms with Crippen LogP contribution in [-0.2, 0) is 10.0 Å². The van der Waals surface area contributed by atoms with Gasteiger partial charge in [0.15, 0.2) is 0 Å². The van der Waals surface area contributed by atoms with Crippen molar-refractivity contribution in [2.75, 3.05) is 6.61 Å². The molecule has 0 heterocycles. The van der Waals surface area contributed by atoms with Gasteiger partial charge in [-0.3, -0.25) is 0 Å². The van der Waals surface area contributed by atoms with Gasteiger partial charge in [-0.05, 0) is 32.0 Å². The van der Waals surface area contributed by atoms with Crippen molar-refractivity contribution in [2.24, 2.45) is 0 Å². The van der Waals surface area contributed by atoms with Gasteiger partial charge >= 0.3 is 5.97 Å². The van der Waals surface area contributed by atoms with E-state index in [1.54, 1.807) is 0 Å². The maximum atomic E-state index is 13.6. The molecule has 0 bridgehead atoms. The highest BCUT2D eigenvalue weighted by Gasteiger charge is 2.28. The molecule has 3 N–H and O–H groups in total. The fraction of sp³-hybridized carbons (Fsp3) is 0.364. The zero-order valence-electron chi connectivity index (χ0n) is 10.3. The lowest BCUT2D eigenvalue weighted by atomic mass is 10.1. The van der Waals surface area contributed by atoms with E-state index in [9.17, 15) is 17.6 Å². The second kappa shape index (κ2) is 5.24. The molecule has 106 valence electrons. The van der Waals surface area contributed by atoms with E-state index in [-0.39, 0.29) is 5.56 Å². The first-order valence-corrected chi connectivity index (χ1v) is 6.75. The first kappa shape index (κ1) is 15.5. The third-order valence-electron chi connectivity index (χ3n) is 2.27. The summed E-state index contributed by atoms with van der Waals surface area (Å²) in [5, 5.41) is 17.7. The van der Waals surface area contributed by atoms with E-state index in [2.05, 4.69) is 4.72 Å². The Balaban J connectivity index is 3.20. The molecule has 0 spiro atoms. The Hall–Kier alpha value is -1.51. The van der Waals surface area contributed by atoms with Gasteiger partial charge < -0.3 is 10.2 Å². The van der Waals surface area contributed by atoms with Crippen molar-refractivity contribution < 1.29 is 27.8 Å². The average Bonchev–Trinajstić information content (AvgIpc) is 2.27. The van der Waals surface area contributed by atoms with Gasteiger partial charge in [-0.15, -0.1) is 0 Å². The number of halogens is 1. The van der Waals surface area contributed by atoms with Crippen LogP contribution in [0.25, 0.3) is 0 Å². The van der Waals surface area contributed by atoms with Crippen LogP contribution >= 0.6 is 0 Å². The van der Waals surface area contributed by atoms with E-state index in [0.717, 1.165) is 12.1 Å². The molecule has 0 radical (unpaired) electrons. The number of sulfonamides is 1. The van der Waals surface area contributed by atoms with Crippen LogP contribution in [0.15, 0.2) is 23.1 Å². The number of aromatic carboxylic acids is 1. The van der Waals surface area contributed by atoms with E-state index in [1.807, 2.05) is 0 Å². The summed E-state index contributed by atoms with van der Waals surface area (Å²) in [6.45, 7) is 2.38. The molecule has 0 aliphatic carbocycles. The summed E-state index contributed by atoms with van der Waals surface area (Å²) < 4.78 is 39.6. The van der Waals surface area contributed by atoms with Crippen molar-refractivity contribution in [3.63, 3.8) is 0 Å². The van der Waals surface area contributed by atoms with E-state index >= 15 is 0 Å². The predicted molar refractivity (Wildman–Crippen MR) is 64.8 cm³/mol. The predicted octanol–water partition coefficient (Wildman–Crippen LogP) is 0.573. The van der Waals surface area contributed by atoms with Gasteiger partial charge in [0.25, 0.3) is 0 Å². The molecule has 0 atom stereocenters. The average molecular weight is 291 g/mol. The van der Waals surface area contributed by atoms with Crippen LogP contribution < -0.4 is 4.72 Å². The smallest absolute Gasteiger partial charge is 0.335 e. The number of nitrogens with one attached hydrogen (secondary N) is 1. The van der Waals surface area contributed by atoms with Crippen molar-refractivity contribution >= 4 is 16.0 Å². The number of rotatable bonds is 5. The normalized spacial score (nSPS) is 12.4. The Morgan fingerprint density at radius 1 is 1.42 bits per heavy atom. The number of carbonyl (C=O) groups is 1. The minimum absolute atomic E-state index is 0.349. The zero-order chi connectivity index (χ0) is 14.8. The second-order valence-corrected chi connectivity index (χ2v) is 6.25. The van der Waals surface area contributed by atoms with Crippen LogP contribution in [0.2, 0.25) is 0 Å². The third kappa shape index (κ3) is 3.72. The van der Waals surface area contributed by atoms with Crippen LogP contribution in [-0.4, -0.2) is 36.7 Å². The molecule has 19 heavy (non-hydrogen) atoms. The largest absolute Gasteiger partial charge is 0.478 e. The van der Waals surface area contributed by atoms with Crippen LogP contribution in [0.3, 0.4) is 0 Å². The summed E-state index contributed by atoms with van der Waals surface area (Å²) in [6.07, 6.45) is 0. The van der Waals surface area contributed by atoms with Gasteiger partial charge in [0, 0.05) is 0 Å². The molecule has 0 saturated heterocycles. The molecule has 0 saturated carbocycles. The Morgan fingerprint density at radius 2 is 2.00 bits per heavy atom. The van der Waals surface area contributed by atoms with E-state index in [1.165, 1.54) is 13.8 Å². The van der Waals surface area contributed by atoms with Gasteiger partial charge in [-0.1, -0.05) is 0 Å². The van der Waals surface area contributed by atoms with E-state index in [4.69, 9.17) is 10.2 Å². The summed E-state index contributed by atoms with van der Waals surface area (Å²) in [5.41, 5.74) is -1.51. The van der Waals surface area contributed by atoms with E-state index < -0.39 is 38.9 Å². The van der Waals surface area contributed by atoms with Crippen molar-refractivity contribution in [2.45, 2.75) is 24.3 Å². The summed E-state index contributed by atoms with van der Waals surface area (Å²) in [4.78, 5) is 9.96. The molecule has 0 aromatic heterocycles. The molecule has 0 aliphatic heterocycles. The summed E-state index contributed by atoms with van der Waals surface area (Å²) in [5.74, 6) is -2.52. The lowest BCUT2D eigenvalue weighted by Gasteiger charge is -2.23. The SMILES string of the molecule is CC(C)(CO)NS(=O)(=O)c1ccc(C(=O)O)cc1F. The number of carboxylic acid groups (broad SMARTS) is 1. The Bertz CT molecular complexity index is 597. The summed E-state index contributed by atoms with van der Waals surface area (Å²) in [7, 11) is -4.18. The van der Waals surface area contributed by atoms with E-state index in [0.29, 0.717) is 6.07 Å². The highest BCUT2D eigenvalue weighted by Crippen LogP contribution is 2.18. The molecule has 1 aromatic rings.